The van der Waals surface area contributed by atoms with Crippen molar-refractivity contribution in [1.29, 1.82) is 0 Å². The summed E-state index contributed by atoms with van der Waals surface area (Å²) in [4.78, 5) is 0. The predicted molar refractivity (Wildman–Crippen MR) is 113 cm³/mol. The summed E-state index contributed by atoms with van der Waals surface area (Å²) in [5, 5.41) is 27.3. The quantitative estimate of drug-likeness (QED) is 0.284. The minimum Gasteiger partial charge on any atom is -0.396 e. The monoisotopic (exact) mass is 425 g/mol. The fraction of sp³-hybridized carbons (Fsp3) is 0.300. The van der Waals surface area contributed by atoms with Crippen molar-refractivity contribution in [2.75, 3.05) is 12.9 Å². The second-order valence-electron chi connectivity index (χ2n) is 6.60. The number of halogens is 1. The number of rotatable bonds is 5. The van der Waals surface area contributed by atoms with Crippen LogP contribution in [0, 0.1) is 5.92 Å². The Morgan fingerprint density at radius 2 is 1.39 bits per heavy atom. The first kappa shape index (κ1) is 22.5. The fourth-order valence-electron chi connectivity index (χ4n) is 2.86. The van der Waals surface area contributed by atoms with Crippen LogP contribution in [0.4, 0.5) is 0 Å². The van der Waals surface area contributed by atoms with E-state index in [0.29, 0.717) is 12.8 Å². The maximum Gasteiger partial charge on any atom is 0.261 e. The summed E-state index contributed by atoms with van der Waals surface area (Å²) in [5.41, 5.74) is 1.10. The molecule has 28 heavy (non-hydrogen) atoms. The van der Waals surface area contributed by atoms with Gasteiger partial charge in [0.15, 0.2) is 0 Å². The molecule has 152 valence electrons. The normalized spacial score (nSPS) is 13.8. The summed E-state index contributed by atoms with van der Waals surface area (Å²) in [7, 11) is -3.67. The molecule has 3 aromatic rings. The van der Waals surface area contributed by atoms with Crippen LogP contribution < -0.4 is 5.32 Å². The van der Waals surface area contributed by atoms with E-state index in [4.69, 9.17) is 21.3 Å². The average molecular weight is 426 g/mol. The van der Waals surface area contributed by atoms with E-state index in [0.717, 1.165) is 32.1 Å². The van der Waals surface area contributed by atoms with E-state index in [1.165, 1.54) is 0 Å². The molecule has 0 bridgehead atoms. The van der Waals surface area contributed by atoms with Crippen LogP contribution in [-0.2, 0) is 16.7 Å². The second-order valence-corrected chi connectivity index (χ2v) is 8.45. The minimum absolute atomic E-state index is 0.0592. The lowest BCUT2D eigenvalue weighted by Gasteiger charge is -2.20. The van der Waals surface area contributed by atoms with Crippen molar-refractivity contribution in [3.63, 3.8) is 0 Å². The van der Waals surface area contributed by atoms with E-state index < -0.39 is 16.3 Å². The number of aliphatic hydroxyl groups excluding tert-OH is 2. The molecule has 6 nitrogen and oxygen atoms in total. The highest BCUT2D eigenvalue weighted by atomic mass is 35.5. The van der Waals surface area contributed by atoms with E-state index in [9.17, 15) is 13.5 Å². The standard InChI is InChI=1S/C19H20ClNO2.CH4O3S/c1-12(11-22)19(23)21-10-17-13-6-2-4-8-15(13)18(20)16-9-5-3-7-14(16)17;1-5(2,3)4/h2-9,12,19,21-23H,10-11H2,1H3;1H3,(H,2,3,4). The molecule has 0 amide bonds. The number of fused-ring (bicyclic) bond motifs is 2. The number of benzene rings is 3. The zero-order valence-electron chi connectivity index (χ0n) is 15.6. The molecule has 2 atom stereocenters. The van der Waals surface area contributed by atoms with Gasteiger partial charge in [0, 0.05) is 29.8 Å². The number of hydrogen-bond donors (Lipinski definition) is 4. The lowest BCUT2D eigenvalue weighted by atomic mass is 9.96. The smallest absolute Gasteiger partial charge is 0.261 e. The first-order valence-corrected chi connectivity index (χ1v) is 10.9. The topological polar surface area (TPSA) is 107 Å². The van der Waals surface area contributed by atoms with Crippen molar-refractivity contribution in [1.82, 2.24) is 5.32 Å². The van der Waals surface area contributed by atoms with E-state index in [-0.39, 0.29) is 12.5 Å². The van der Waals surface area contributed by atoms with Crippen LogP contribution in [0.1, 0.15) is 12.5 Å². The molecule has 0 fully saturated rings. The number of hydrogen-bond acceptors (Lipinski definition) is 5. The molecule has 0 spiro atoms. The third-order valence-electron chi connectivity index (χ3n) is 4.29. The fourth-order valence-corrected chi connectivity index (χ4v) is 3.19. The molecule has 0 aliphatic rings. The molecule has 0 aromatic heterocycles. The molecule has 0 radical (unpaired) electrons. The Morgan fingerprint density at radius 1 is 1.00 bits per heavy atom. The molecule has 0 saturated heterocycles. The molecule has 3 rings (SSSR count). The van der Waals surface area contributed by atoms with Gasteiger partial charge in [-0.1, -0.05) is 67.1 Å². The van der Waals surface area contributed by atoms with Crippen LogP contribution in [0.5, 0.6) is 0 Å². The molecule has 4 N–H and O–H groups in total. The Balaban J connectivity index is 0.000000500. The van der Waals surface area contributed by atoms with Crippen molar-refractivity contribution in [3.05, 3.63) is 59.1 Å². The second kappa shape index (κ2) is 9.65. The van der Waals surface area contributed by atoms with Gasteiger partial charge in [-0.2, -0.15) is 8.42 Å². The zero-order valence-corrected chi connectivity index (χ0v) is 17.2. The Hall–Kier alpha value is -1.74. The predicted octanol–water partition coefficient (Wildman–Crippen LogP) is 3.19. The van der Waals surface area contributed by atoms with Gasteiger partial charge in [0.2, 0.25) is 0 Å². The van der Waals surface area contributed by atoms with Gasteiger partial charge >= 0.3 is 0 Å². The van der Waals surface area contributed by atoms with Crippen LogP contribution in [0.3, 0.4) is 0 Å². The van der Waals surface area contributed by atoms with Crippen LogP contribution in [-0.4, -0.2) is 42.3 Å². The van der Waals surface area contributed by atoms with Crippen LogP contribution in [0.2, 0.25) is 5.02 Å². The Bertz CT molecular complexity index is 990. The van der Waals surface area contributed by atoms with Gasteiger partial charge in [-0.25, -0.2) is 0 Å². The van der Waals surface area contributed by atoms with Gasteiger partial charge < -0.3 is 10.2 Å². The van der Waals surface area contributed by atoms with Crippen LogP contribution in [0.15, 0.2) is 48.5 Å². The largest absolute Gasteiger partial charge is 0.396 e. The third-order valence-corrected chi connectivity index (χ3v) is 4.70. The summed E-state index contributed by atoms with van der Waals surface area (Å²) in [6.07, 6.45) is -0.0410. The van der Waals surface area contributed by atoms with Crippen molar-refractivity contribution in [2.45, 2.75) is 19.7 Å². The molecule has 0 aliphatic carbocycles. The lowest BCUT2D eigenvalue weighted by Crippen LogP contribution is -2.35. The van der Waals surface area contributed by atoms with Crippen LogP contribution in [0.25, 0.3) is 21.5 Å². The summed E-state index contributed by atoms with van der Waals surface area (Å²) in [5.74, 6) is -0.222. The lowest BCUT2D eigenvalue weighted by molar-refractivity contribution is 0.0496. The molecule has 8 heteroatoms. The van der Waals surface area contributed by atoms with Gasteiger partial charge in [0.1, 0.15) is 6.23 Å². The van der Waals surface area contributed by atoms with E-state index >= 15 is 0 Å². The third kappa shape index (κ3) is 5.88. The molecule has 0 saturated carbocycles. The molecule has 0 heterocycles. The Morgan fingerprint density at radius 3 is 1.79 bits per heavy atom. The van der Waals surface area contributed by atoms with Crippen molar-refractivity contribution >= 4 is 43.3 Å². The highest BCUT2D eigenvalue weighted by Crippen LogP contribution is 2.36. The van der Waals surface area contributed by atoms with Gasteiger partial charge in [-0.15, -0.1) is 0 Å². The summed E-state index contributed by atoms with van der Waals surface area (Å²) < 4.78 is 25.9. The maximum absolute atomic E-state index is 10.1. The summed E-state index contributed by atoms with van der Waals surface area (Å²) >= 11 is 6.58. The first-order chi connectivity index (χ1) is 13.1. The van der Waals surface area contributed by atoms with Crippen molar-refractivity contribution < 1.29 is 23.2 Å². The molecular formula is C20H24ClNO5S. The van der Waals surface area contributed by atoms with Crippen molar-refractivity contribution in [3.8, 4) is 0 Å². The van der Waals surface area contributed by atoms with Crippen LogP contribution >= 0.6 is 11.6 Å². The highest BCUT2D eigenvalue weighted by Gasteiger charge is 2.16. The summed E-state index contributed by atoms with van der Waals surface area (Å²) in [6, 6.07) is 16.1. The molecule has 3 aromatic carbocycles. The van der Waals surface area contributed by atoms with Gasteiger partial charge in [-0.05, 0) is 16.3 Å². The van der Waals surface area contributed by atoms with Crippen molar-refractivity contribution in [2.24, 2.45) is 5.92 Å². The molecule has 0 aliphatic heterocycles. The Kier molecular flexibility index (Phi) is 7.77. The first-order valence-electron chi connectivity index (χ1n) is 8.66. The Labute approximate surface area is 169 Å². The molecule has 2 unspecified atom stereocenters. The van der Waals surface area contributed by atoms with E-state index in [1.54, 1.807) is 6.92 Å². The number of nitrogens with one attached hydrogen (secondary N) is 1. The number of aliphatic hydroxyl groups is 2. The molecular weight excluding hydrogens is 402 g/mol. The minimum atomic E-state index is -3.67. The van der Waals surface area contributed by atoms with Gasteiger partial charge in [-0.3, -0.25) is 9.87 Å². The van der Waals surface area contributed by atoms with Gasteiger partial charge in [0.05, 0.1) is 11.3 Å². The highest BCUT2D eigenvalue weighted by molar-refractivity contribution is 7.85. The SMILES string of the molecule is CC(CO)C(O)NCc1c2ccccc2c(Cl)c2ccccc12.CS(=O)(=O)O. The average Bonchev–Trinajstić information content (AvgIpc) is 2.66. The van der Waals surface area contributed by atoms with Gasteiger partial charge in [0.25, 0.3) is 10.1 Å². The maximum atomic E-state index is 10.1. The zero-order chi connectivity index (χ0) is 20.9. The summed E-state index contributed by atoms with van der Waals surface area (Å²) in [6.45, 7) is 2.25. The van der Waals surface area contributed by atoms with E-state index in [1.807, 2.05) is 48.5 Å². The van der Waals surface area contributed by atoms with E-state index in [2.05, 4.69) is 5.32 Å².